The van der Waals surface area contributed by atoms with Crippen molar-refractivity contribution in [2.24, 2.45) is 0 Å². The minimum Gasteiger partial charge on any atom is -0.356 e. The second-order valence-electron chi connectivity index (χ2n) is 6.22. The average molecular weight is 316 g/mol. The van der Waals surface area contributed by atoms with Gasteiger partial charge in [-0.1, -0.05) is 30.6 Å². The summed E-state index contributed by atoms with van der Waals surface area (Å²) in [5.41, 5.74) is 0.410. The van der Waals surface area contributed by atoms with Gasteiger partial charge in [-0.25, -0.2) is 4.39 Å². The molecule has 4 nitrogen and oxygen atoms in total. The third-order valence-corrected chi connectivity index (χ3v) is 4.49. The van der Waals surface area contributed by atoms with Crippen molar-refractivity contribution in [2.45, 2.75) is 38.0 Å². The van der Waals surface area contributed by atoms with Crippen LogP contribution in [0.25, 0.3) is 11.3 Å². The summed E-state index contributed by atoms with van der Waals surface area (Å²) in [5.74, 6) is 0.0964. The normalized spacial score (nSPS) is 15.4. The molecule has 0 aliphatic heterocycles. The second-order valence-corrected chi connectivity index (χ2v) is 6.22. The van der Waals surface area contributed by atoms with Gasteiger partial charge >= 0.3 is 0 Å². The number of halogens is 1. The summed E-state index contributed by atoms with van der Waals surface area (Å²) in [6.07, 6.45) is 3.57. The molecule has 0 spiro atoms. The van der Waals surface area contributed by atoms with E-state index in [1.54, 1.807) is 29.2 Å². The molecule has 1 aromatic carbocycles. The molecule has 0 bridgehead atoms. The zero-order valence-electron chi connectivity index (χ0n) is 13.5. The Morgan fingerprint density at radius 3 is 2.78 bits per heavy atom. The molecule has 1 saturated carbocycles. The van der Waals surface area contributed by atoms with Gasteiger partial charge in [-0.15, -0.1) is 0 Å². The second kappa shape index (κ2) is 6.14. The fourth-order valence-corrected chi connectivity index (χ4v) is 2.86. The molecular weight excluding hydrogens is 295 g/mol. The van der Waals surface area contributed by atoms with Crippen LogP contribution in [0.15, 0.2) is 34.9 Å². The summed E-state index contributed by atoms with van der Waals surface area (Å²) in [7, 11) is 1.83. The molecule has 0 radical (unpaired) electrons. The molecule has 3 rings (SSSR count). The molecule has 122 valence electrons. The molecule has 0 atom stereocenters. The van der Waals surface area contributed by atoms with Crippen molar-refractivity contribution in [2.75, 3.05) is 13.6 Å². The number of likely N-dealkylation sites (N-methyl/N-ethyl adjacent to an activating group) is 1. The molecule has 2 aromatic rings. The number of nitrogens with zero attached hydrogens (tertiary/aromatic N) is 2. The van der Waals surface area contributed by atoms with Crippen molar-refractivity contribution in [3.8, 4) is 11.3 Å². The summed E-state index contributed by atoms with van der Waals surface area (Å²) < 4.78 is 19.2. The first-order valence-corrected chi connectivity index (χ1v) is 8.06. The van der Waals surface area contributed by atoms with Crippen LogP contribution in [0.4, 0.5) is 4.39 Å². The number of amides is 1. The first-order valence-electron chi connectivity index (χ1n) is 8.06. The van der Waals surface area contributed by atoms with Gasteiger partial charge in [0, 0.05) is 19.7 Å². The van der Waals surface area contributed by atoms with E-state index in [2.05, 4.69) is 12.1 Å². The summed E-state index contributed by atoms with van der Waals surface area (Å²) in [6.45, 7) is 2.85. The number of aromatic nitrogens is 1. The highest BCUT2D eigenvalue weighted by Gasteiger charge is 2.54. The predicted molar refractivity (Wildman–Crippen MR) is 85.4 cm³/mol. The number of hydrogen-bond donors (Lipinski definition) is 0. The molecule has 1 aliphatic rings. The van der Waals surface area contributed by atoms with E-state index in [1.807, 2.05) is 7.05 Å². The minimum atomic E-state index is -0.574. The quantitative estimate of drug-likeness (QED) is 0.815. The Labute approximate surface area is 135 Å². The van der Waals surface area contributed by atoms with Crippen LogP contribution >= 0.6 is 0 Å². The maximum Gasteiger partial charge on any atom is 0.234 e. The van der Waals surface area contributed by atoms with Crippen molar-refractivity contribution in [3.63, 3.8) is 0 Å². The molecule has 1 aliphatic carbocycles. The summed E-state index contributed by atoms with van der Waals surface area (Å²) >= 11 is 0. The van der Waals surface area contributed by atoms with Gasteiger partial charge in [0.1, 0.15) is 5.82 Å². The molecule has 1 fully saturated rings. The highest BCUT2D eigenvalue weighted by atomic mass is 19.1. The lowest BCUT2D eigenvalue weighted by Gasteiger charge is -2.21. The topological polar surface area (TPSA) is 46.3 Å². The van der Waals surface area contributed by atoms with E-state index < -0.39 is 5.41 Å². The summed E-state index contributed by atoms with van der Waals surface area (Å²) in [5, 5.41) is 4.06. The standard InChI is InChI=1S/C18H21FN2O2/c1-3-4-11-21(2)17(22)18(9-10-18)16-12-15(23-20-16)13-7-5-6-8-14(13)19/h5-8,12H,3-4,9-11H2,1-2H3. The summed E-state index contributed by atoms with van der Waals surface area (Å²) in [6, 6.07) is 8.11. The number of hydrogen-bond acceptors (Lipinski definition) is 3. The van der Waals surface area contributed by atoms with E-state index in [0.717, 1.165) is 32.2 Å². The van der Waals surface area contributed by atoms with Gasteiger partial charge < -0.3 is 9.42 Å². The van der Waals surface area contributed by atoms with Crippen molar-refractivity contribution < 1.29 is 13.7 Å². The lowest BCUT2D eigenvalue weighted by atomic mass is 9.99. The van der Waals surface area contributed by atoms with Gasteiger partial charge in [-0.3, -0.25) is 4.79 Å². The van der Waals surface area contributed by atoms with Crippen molar-refractivity contribution in [1.29, 1.82) is 0 Å². The van der Waals surface area contributed by atoms with Crippen LogP contribution in [0.3, 0.4) is 0 Å². The molecule has 0 unspecified atom stereocenters. The number of unbranched alkanes of at least 4 members (excludes halogenated alkanes) is 1. The number of benzene rings is 1. The number of carbonyl (C=O) groups excluding carboxylic acids is 1. The van der Waals surface area contributed by atoms with Gasteiger partial charge in [0.2, 0.25) is 5.91 Å². The Morgan fingerprint density at radius 1 is 1.39 bits per heavy atom. The molecule has 1 aromatic heterocycles. The predicted octanol–water partition coefficient (Wildman–Crippen LogP) is 3.77. The Hall–Kier alpha value is -2.17. The Kier molecular flexibility index (Phi) is 4.20. The van der Waals surface area contributed by atoms with Crippen LogP contribution in [0.2, 0.25) is 0 Å². The highest BCUT2D eigenvalue weighted by Crippen LogP contribution is 2.49. The molecule has 5 heteroatoms. The monoisotopic (exact) mass is 316 g/mol. The van der Waals surface area contributed by atoms with Crippen LogP contribution in [0.1, 0.15) is 38.3 Å². The lowest BCUT2D eigenvalue weighted by Crippen LogP contribution is -2.37. The van der Waals surface area contributed by atoms with Crippen LogP contribution in [-0.4, -0.2) is 29.6 Å². The van der Waals surface area contributed by atoms with Crippen molar-refractivity contribution in [3.05, 3.63) is 41.8 Å². The van der Waals surface area contributed by atoms with E-state index in [0.29, 0.717) is 17.0 Å². The van der Waals surface area contributed by atoms with Crippen LogP contribution in [-0.2, 0) is 10.2 Å². The third kappa shape index (κ3) is 2.87. The number of rotatable bonds is 6. The molecule has 0 N–H and O–H groups in total. The maximum absolute atomic E-state index is 13.9. The summed E-state index contributed by atoms with van der Waals surface area (Å²) in [4.78, 5) is 14.5. The van der Waals surface area contributed by atoms with E-state index in [-0.39, 0.29) is 11.7 Å². The van der Waals surface area contributed by atoms with Crippen molar-refractivity contribution in [1.82, 2.24) is 10.1 Å². The zero-order chi connectivity index (χ0) is 16.4. The zero-order valence-corrected chi connectivity index (χ0v) is 13.5. The lowest BCUT2D eigenvalue weighted by molar-refractivity contribution is -0.132. The van der Waals surface area contributed by atoms with Gasteiger partial charge in [0.25, 0.3) is 0 Å². The van der Waals surface area contributed by atoms with Gasteiger partial charge in [0.05, 0.1) is 16.7 Å². The van der Waals surface area contributed by atoms with Crippen LogP contribution in [0, 0.1) is 5.82 Å². The Morgan fingerprint density at radius 2 is 2.13 bits per heavy atom. The fourth-order valence-electron chi connectivity index (χ4n) is 2.86. The van der Waals surface area contributed by atoms with E-state index in [9.17, 15) is 9.18 Å². The average Bonchev–Trinajstić information content (AvgIpc) is 3.23. The Bertz CT molecular complexity index is 707. The maximum atomic E-state index is 13.9. The van der Waals surface area contributed by atoms with Gasteiger partial charge in [0.15, 0.2) is 5.76 Å². The van der Waals surface area contributed by atoms with Crippen LogP contribution in [0.5, 0.6) is 0 Å². The molecular formula is C18H21FN2O2. The van der Waals surface area contributed by atoms with Gasteiger partial charge in [-0.05, 0) is 31.4 Å². The number of carbonyl (C=O) groups is 1. The highest BCUT2D eigenvalue weighted by molar-refractivity contribution is 5.90. The fraction of sp³-hybridized carbons (Fsp3) is 0.444. The SMILES string of the molecule is CCCCN(C)C(=O)C1(c2cc(-c3ccccc3F)on2)CC1. The van der Waals surface area contributed by atoms with E-state index >= 15 is 0 Å². The van der Waals surface area contributed by atoms with E-state index in [4.69, 9.17) is 4.52 Å². The largest absolute Gasteiger partial charge is 0.356 e. The molecule has 1 heterocycles. The third-order valence-electron chi connectivity index (χ3n) is 4.49. The molecule has 23 heavy (non-hydrogen) atoms. The first kappa shape index (κ1) is 15.7. The van der Waals surface area contributed by atoms with Crippen LogP contribution < -0.4 is 0 Å². The van der Waals surface area contributed by atoms with Gasteiger partial charge in [-0.2, -0.15) is 0 Å². The first-order chi connectivity index (χ1) is 11.1. The minimum absolute atomic E-state index is 0.0827. The Balaban J connectivity index is 1.83. The van der Waals surface area contributed by atoms with Crippen molar-refractivity contribution >= 4 is 5.91 Å². The smallest absolute Gasteiger partial charge is 0.234 e. The van der Waals surface area contributed by atoms with E-state index in [1.165, 1.54) is 6.07 Å². The molecule has 1 amide bonds. The molecule has 0 saturated heterocycles.